The zero-order valence-corrected chi connectivity index (χ0v) is 38.0. The average Bonchev–Trinajstić information content (AvgIpc) is 3.55. The van der Waals surface area contributed by atoms with Gasteiger partial charge in [0.25, 0.3) is 0 Å². The molecule has 0 fully saturated rings. The number of allylic oxidation sites excluding steroid dienone is 8. The normalized spacial score (nSPS) is 18.7. The van der Waals surface area contributed by atoms with Gasteiger partial charge >= 0.3 is 5.97 Å². The van der Waals surface area contributed by atoms with Crippen LogP contribution in [-0.4, -0.2) is 52.3 Å². The molecule has 7 nitrogen and oxygen atoms in total. The Hall–Kier alpha value is -5.56. The van der Waals surface area contributed by atoms with E-state index in [1.54, 1.807) is 0 Å². The number of nitrogens with zero attached hydrogens (tertiary/aromatic N) is 1. The molecule has 4 aromatic rings. The van der Waals surface area contributed by atoms with Gasteiger partial charge < -0.3 is 15.4 Å². The topological polar surface area (TPSA) is 87.5 Å². The Kier molecular flexibility index (Phi) is 13.7. The van der Waals surface area contributed by atoms with Crippen molar-refractivity contribution in [2.75, 3.05) is 6.54 Å². The van der Waals surface area contributed by atoms with Crippen molar-refractivity contribution in [3.05, 3.63) is 138 Å². The van der Waals surface area contributed by atoms with Gasteiger partial charge in [-0.2, -0.15) is 4.58 Å². The number of nitrogens with one attached hydrogen (secondary N) is 2. The third-order valence-electron chi connectivity index (χ3n) is 12.3. The fourth-order valence-electron chi connectivity index (χ4n) is 9.40. The third-order valence-corrected chi connectivity index (χ3v) is 12.3. The Labute approximate surface area is 363 Å². The standard InChI is InChI=1S/C54H65N3O4/c1-11-36(2)55-47(58)32-30-42-43-29-27-38-21-17-19-23-40(38)50(43)53(7,8)44(42)25-15-13-12-14-16-26-46-54(9,10)51-41-24-20-18-22-39(41)28-31-45(51)57(46)34-33-48(59)56-37(3)35-49(60)61-52(4,5)6/h12-29,31,36-37,42H,11,30,32-35H2,1-10H3,(H-,55,56,58,59)/p+1/b14-12+,15-13+,26-16+,44-25-. The van der Waals surface area contributed by atoms with E-state index in [9.17, 15) is 14.4 Å². The van der Waals surface area contributed by atoms with Gasteiger partial charge in [-0.3, -0.25) is 14.4 Å². The van der Waals surface area contributed by atoms with Crippen LogP contribution < -0.4 is 10.6 Å². The van der Waals surface area contributed by atoms with Crippen LogP contribution in [0.5, 0.6) is 0 Å². The fourth-order valence-corrected chi connectivity index (χ4v) is 9.40. The first-order chi connectivity index (χ1) is 28.9. The summed E-state index contributed by atoms with van der Waals surface area (Å²) in [6, 6.07) is 25.8. The van der Waals surface area contributed by atoms with E-state index in [0.29, 0.717) is 13.0 Å². The van der Waals surface area contributed by atoms with E-state index in [2.05, 4.69) is 172 Å². The molecular formula is C54H66N3O4+. The molecular weight excluding hydrogens is 755 g/mol. The molecule has 2 N–H and O–H groups in total. The summed E-state index contributed by atoms with van der Waals surface area (Å²) in [6.07, 6.45) is 17.4. The van der Waals surface area contributed by atoms with Gasteiger partial charge in [0, 0.05) is 47.5 Å². The zero-order chi connectivity index (χ0) is 44.1. The van der Waals surface area contributed by atoms with Crippen molar-refractivity contribution < 1.29 is 23.7 Å². The van der Waals surface area contributed by atoms with Crippen molar-refractivity contribution in [1.29, 1.82) is 0 Å². The highest BCUT2D eigenvalue weighted by molar-refractivity contribution is 6.07. The Balaban J connectivity index is 1.23. The van der Waals surface area contributed by atoms with Crippen molar-refractivity contribution in [2.45, 2.75) is 136 Å². The highest BCUT2D eigenvalue weighted by Crippen LogP contribution is 2.54. The minimum Gasteiger partial charge on any atom is -0.460 e. The van der Waals surface area contributed by atoms with Crippen LogP contribution in [0.1, 0.15) is 124 Å². The average molecular weight is 821 g/mol. The quantitative estimate of drug-likeness (QED) is 0.0710. The lowest BCUT2D eigenvalue weighted by atomic mass is 9.78. The smallest absolute Gasteiger partial charge is 0.308 e. The molecule has 320 valence electrons. The summed E-state index contributed by atoms with van der Waals surface area (Å²) >= 11 is 0. The second kappa shape index (κ2) is 18.6. The van der Waals surface area contributed by atoms with Gasteiger partial charge in [-0.05, 0) is 100 Å². The molecule has 61 heavy (non-hydrogen) atoms. The molecule has 0 spiro atoms. The van der Waals surface area contributed by atoms with Crippen LogP contribution in [0, 0.1) is 0 Å². The van der Waals surface area contributed by atoms with E-state index in [-0.39, 0.29) is 59.5 Å². The van der Waals surface area contributed by atoms with E-state index < -0.39 is 5.60 Å². The predicted octanol–water partition coefficient (Wildman–Crippen LogP) is 11.4. The number of carbonyl (C=O) groups excluding carboxylic acids is 3. The molecule has 4 aromatic carbocycles. The number of hydrogen-bond donors (Lipinski definition) is 2. The molecule has 1 aliphatic heterocycles. The molecule has 1 heterocycles. The second-order valence-electron chi connectivity index (χ2n) is 18.9. The van der Waals surface area contributed by atoms with Crippen molar-refractivity contribution in [3.8, 4) is 0 Å². The van der Waals surface area contributed by atoms with Gasteiger partial charge in [-0.15, -0.1) is 0 Å². The first-order valence-corrected chi connectivity index (χ1v) is 22.1. The van der Waals surface area contributed by atoms with E-state index in [0.717, 1.165) is 24.2 Å². The fraction of sp³-hybridized carbons (Fsp3) is 0.407. The summed E-state index contributed by atoms with van der Waals surface area (Å²) in [5.41, 5.74) is 6.37. The van der Waals surface area contributed by atoms with E-state index >= 15 is 0 Å². The van der Waals surface area contributed by atoms with Crippen LogP contribution in [0.15, 0.2) is 121 Å². The number of benzene rings is 4. The molecule has 3 atom stereocenters. The predicted molar refractivity (Wildman–Crippen MR) is 252 cm³/mol. The number of carbonyl (C=O) groups is 3. The monoisotopic (exact) mass is 821 g/mol. The van der Waals surface area contributed by atoms with Crippen LogP contribution in [0.3, 0.4) is 0 Å². The van der Waals surface area contributed by atoms with Crippen molar-refractivity contribution in [2.24, 2.45) is 0 Å². The zero-order valence-electron chi connectivity index (χ0n) is 38.0. The van der Waals surface area contributed by atoms with Crippen molar-refractivity contribution >= 4 is 50.7 Å². The van der Waals surface area contributed by atoms with Crippen LogP contribution >= 0.6 is 0 Å². The molecule has 2 amide bonds. The molecule has 1 aliphatic carbocycles. The molecule has 3 unspecified atom stereocenters. The molecule has 0 radical (unpaired) electrons. The number of esters is 1. The van der Waals surface area contributed by atoms with Crippen molar-refractivity contribution in [3.63, 3.8) is 0 Å². The van der Waals surface area contributed by atoms with E-state index in [4.69, 9.17) is 4.74 Å². The summed E-state index contributed by atoms with van der Waals surface area (Å²) in [5.74, 6) is -0.182. The van der Waals surface area contributed by atoms with E-state index in [1.807, 2.05) is 27.7 Å². The maximum atomic E-state index is 13.3. The highest BCUT2D eigenvalue weighted by Gasteiger charge is 2.46. The van der Waals surface area contributed by atoms with E-state index in [1.165, 1.54) is 43.8 Å². The summed E-state index contributed by atoms with van der Waals surface area (Å²) in [4.78, 5) is 38.6. The van der Waals surface area contributed by atoms with Crippen LogP contribution in [0.4, 0.5) is 5.69 Å². The minimum atomic E-state index is -0.572. The Morgan fingerprint density at radius 1 is 0.738 bits per heavy atom. The van der Waals surface area contributed by atoms with Crippen molar-refractivity contribution in [1.82, 2.24) is 10.6 Å². The van der Waals surface area contributed by atoms with Crippen LogP contribution in [0.25, 0.3) is 21.5 Å². The summed E-state index contributed by atoms with van der Waals surface area (Å²) in [5, 5.41) is 11.1. The van der Waals surface area contributed by atoms with Gasteiger partial charge in [0.05, 0.1) is 18.3 Å². The molecule has 0 saturated carbocycles. The maximum Gasteiger partial charge on any atom is 0.308 e. The lowest BCUT2D eigenvalue weighted by Gasteiger charge is -2.25. The Bertz CT molecular complexity index is 2460. The Morgan fingerprint density at radius 3 is 2.00 bits per heavy atom. The molecule has 7 heteroatoms. The highest BCUT2D eigenvalue weighted by atomic mass is 16.6. The summed E-state index contributed by atoms with van der Waals surface area (Å²) in [7, 11) is 0. The van der Waals surface area contributed by atoms with Gasteiger partial charge in [0.2, 0.25) is 17.5 Å². The number of rotatable bonds is 15. The summed E-state index contributed by atoms with van der Waals surface area (Å²) < 4.78 is 7.74. The lowest BCUT2D eigenvalue weighted by Crippen LogP contribution is -2.37. The molecule has 0 saturated heterocycles. The van der Waals surface area contributed by atoms with Crippen LogP contribution in [0.2, 0.25) is 0 Å². The number of hydrogen-bond acceptors (Lipinski definition) is 4. The molecule has 2 aliphatic rings. The van der Waals surface area contributed by atoms with Gasteiger partial charge in [0.15, 0.2) is 12.3 Å². The first-order valence-electron chi connectivity index (χ1n) is 22.1. The lowest BCUT2D eigenvalue weighted by molar-refractivity contribution is -0.436. The number of fused-ring (bicyclic) bond motifs is 6. The Morgan fingerprint density at radius 2 is 1.33 bits per heavy atom. The molecule has 0 bridgehead atoms. The SMILES string of the molecule is CCC(C)NC(=O)CCC1/C(=C/C=C/C=C/C=C/C2=[N+](CCC(=O)NC(C)CC(=O)OC(C)(C)C)c3ccc4ccccc4c3C2(C)C)C(C)(C)c2c1ccc1ccccc21. The number of amides is 2. The second-order valence-corrected chi connectivity index (χ2v) is 18.9. The third kappa shape index (κ3) is 10.2. The minimum absolute atomic E-state index is 0.107. The largest absolute Gasteiger partial charge is 0.460 e. The van der Waals surface area contributed by atoms with Gasteiger partial charge in [0.1, 0.15) is 5.60 Å². The van der Waals surface area contributed by atoms with Gasteiger partial charge in [-0.1, -0.05) is 123 Å². The maximum absolute atomic E-state index is 13.3. The van der Waals surface area contributed by atoms with Gasteiger partial charge in [-0.25, -0.2) is 0 Å². The summed E-state index contributed by atoms with van der Waals surface area (Å²) in [6.45, 7) is 21.1. The van der Waals surface area contributed by atoms with Crippen LogP contribution in [-0.2, 0) is 30.0 Å². The molecule has 0 aromatic heterocycles. The first kappa shape index (κ1) is 45.0. The molecule has 6 rings (SSSR count). The number of ether oxygens (including phenoxy) is 1.